The van der Waals surface area contributed by atoms with E-state index in [1.165, 1.54) is 25.5 Å². The molecule has 0 aliphatic rings. The minimum atomic E-state index is -4.09. The molecule has 0 radical (unpaired) electrons. The van der Waals surface area contributed by atoms with Crippen LogP contribution in [0.15, 0.2) is 113 Å². The number of amides is 1. The Balaban J connectivity index is 1.51. The highest BCUT2D eigenvalue weighted by Crippen LogP contribution is 2.32. The maximum absolute atomic E-state index is 13.5. The van der Waals surface area contributed by atoms with E-state index < -0.39 is 22.5 Å². The highest BCUT2D eigenvalue weighted by molar-refractivity contribution is 7.92. The number of rotatable bonds is 11. The SMILES string of the molecule is COc1ccccc1N(CC(=O)N/N=C\c1ccccc1OCc1ccccc1Cl)S(=O)(=O)c1ccccc1. The fourth-order valence-corrected chi connectivity index (χ4v) is 5.33. The van der Waals surface area contributed by atoms with E-state index in [-0.39, 0.29) is 17.2 Å². The molecule has 10 heteroatoms. The van der Waals surface area contributed by atoms with Crippen LogP contribution in [0.1, 0.15) is 11.1 Å². The standard InChI is InChI=1S/C29H26ClN3O5S/c1-37-28-18-10-8-16-26(28)33(39(35,36)24-13-3-2-4-14-24)20-29(34)32-31-19-22-11-6-9-17-27(22)38-21-23-12-5-7-15-25(23)30/h2-19H,20-21H2,1H3,(H,32,34)/b31-19-. The van der Waals surface area contributed by atoms with Gasteiger partial charge in [-0.1, -0.05) is 72.3 Å². The van der Waals surface area contributed by atoms with Crippen molar-refractivity contribution >= 4 is 39.4 Å². The van der Waals surface area contributed by atoms with Crippen LogP contribution < -0.4 is 19.2 Å². The van der Waals surface area contributed by atoms with E-state index >= 15 is 0 Å². The number of hydrazone groups is 1. The number of methoxy groups -OCH3 is 1. The summed E-state index contributed by atoms with van der Waals surface area (Å²) in [5.74, 6) is 0.196. The zero-order valence-corrected chi connectivity index (χ0v) is 22.6. The Bertz CT molecular complexity index is 1560. The molecule has 0 fully saturated rings. The molecule has 200 valence electrons. The number of anilines is 1. The van der Waals surface area contributed by atoms with Crippen molar-refractivity contribution in [3.8, 4) is 11.5 Å². The number of hydrogen-bond acceptors (Lipinski definition) is 6. The van der Waals surface area contributed by atoms with E-state index in [1.807, 2.05) is 24.3 Å². The maximum Gasteiger partial charge on any atom is 0.264 e. The summed E-state index contributed by atoms with van der Waals surface area (Å²) in [7, 11) is -2.66. The summed E-state index contributed by atoms with van der Waals surface area (Å²) in [6.07, 6.45) is 1.43. The van der Waals surface area contributed by atoms with Crippen molar-refractivity contribution in [2.45, 2.75) is 11.5 Å². The summed E-state index contributed by atoms with van der Waals surface area (Å²) in [6, 6.07) is 29.0. The fourth-order valence-electron chi connectivity index (χ4n) is 3.68. The third kappa shape index (κ3) is 6.95. The zero-order valence-electron chi connectivity index (χ0n) is 21.0. The highest BCUT2D eigenvalue weighted by Gasteiger charge is 2.29. The molecule has 0 heterocycles. The lowest BCUT2D eigenvalue weighted by molar-refractivity contribution is -0.119. The predicted molar refractivity (Wildman–Crippen MR) is 152 cm³/mol. The van der Waals surface area contributed by atoms with Crippen molar-refractivity contribution in [1.82, 2.24) is 5.43 Å². The van der Waals surface area contributed by atoms with Crippen LogP contribution >= 0.6 is 11.6 Å². The van der Waals surface area contributed by atoms with E-state index in [0.29, 0.717) is 22.1 Å². The van der Waals surface area contributed by atoms with Gasteiger partial charge in [0.15, 0.2) is 0 Å². The average Bonchev–Trinajstić information content (AvgIpc) is 2.96. The minimum absolute atomic E-state index is 0.0387. The van der Waals surface area contributed by atoms with Crippen LogP contribution in [-0.2, 0) is 21.4 Å². The molecule has 0 atom stereocenters. The average molecular weight is 564 g/mol. The Kier molecular flexibility index (Phi) is 9.19. The number of ether oxygens (including phenoxy) is 2. The van der Waals surface area contributed by atoms with Gasteiger partial charge in [0.25, 0.3) is 15.9 Å². The molecule has 0 aromatic heterocycles. The van der Waals surface area contributed by atoms with Crippen molar-refractivity contribution in [3.63, 3.8) is 0 Å². The number of carbonyl (C=O) groups excluding carboxylic acids is 1. The number of nitrogens with zero attached hydrogens (tertiary/aromatic N) is 2. The number of hydrogen-bond donors (Lipinski definition) is 1. The van der Waals surface area contributed by atoms with Crippen LogP contribution in [0.2, 0.25) is 5.02 Å². The van der Waals surface area contributed by atoms with Gasteiger partial charge >= 0.3 is 0 Å². The van der Waals surface area contributed by atoms with Crippen LogP contribution in [0, 0.1) is 0 Å². The number of halogens is 1. The monoisotopic (exact) mass is 563 g/mol. The number of benzene rings is 4. The van der Waals surface area contributed by atoms with Gasteiger partial charge in [-0.2, -0.15) is 5.10 Å². The first-order valence-corrected chi connectivity index (χ1v) is 13.7. The van der Waals surface area contributed by atoms with Gasteiger partial charge in [-0.25, -0.2) is 13.8 Å². The van der Waals surface area contributed by atoms with Crippen molar-refractivity contribution in [3.05, 3.63) is 119 Å². The number of nitrogens with one attached hydrogen (secondary N) is 1. The lowest BCUT2D eigenvalue weighted by Crippen LogP contribution is -2.39. The topological polar surface area (TPSA) is 97.3 Å². The Morgan fingerprint density at radius 2 is 1.54 bits per heavy atom. The van der Waals surface area contributed by atoms with Crippen LogP contribution in [0.25, 0.3) is 0 Å². The molecule has 39 heavy (non-hydrogen) atoms. The van der Waals surface area contributed by atoms with E-state index in [9.17, 15) is 13.2 Å². The quantitative estimate of drug-likeness (QED) is 0.198. The van der Waals surface area contributed by atoms with Crippen LogP contribution in [0.5, 0.6) is 11.5 Å². The molecular weight excluding hydrogens is 538 g/mol. The van der Waals surface area contributed by atoms with Crippen LogP contribution in [-0.4, -0.2) is 34.2 Å². The molecule has 4 rings (SSSR count). The van der Waals surface area contributed by atoms with Crippen molar-refractivity contribution in [2.75, 3.05) is 18.0 Å². The van der Waals surface area contributed by atoms with Gasteiger partial charge in [0.05, 0.1) is 23.9 Å². The molecule has 0 aliphatic carbocycles. The molecule has 4 aromatic rings. The lowest BCUT2D eigenvalue weighted by atomic mass is 10.2. The molecule has 0 spiro atoms. The molecule has 8 nitrogen and oxygen atoms in total. The zero-order chi connectivity index (χ0) is 27.7. The van der Waals surface area contributed by atoms with E-state index in [1.54, 1.807) is 66.7 Å². The Morgan fingerprint density at radius 1 is 0.897 bits per heavy atom. The first-order chi connectivity index (χ1) is 18.9. The smallest absolute Gasteiger partial charge is 0.264 e. The summed E-state index contributed by atoms with van der Waals surface area (Å²) in [5.41, 5.74) is 4.08. The van der Waals surface area contributed by atoms with Crippen LogP contribution in [0.3, 0.4) is 0 Å². The normalized spacial score (nSPS) is 11.2. The Morgan fingerprint density at radius 3 is 2.28 bits per heavy atom. The summed E-state index contributed by atoms with van der Waals surface area (Å²) in [4.78, 5) is 12.9. The Labute approximate surface area is 232 Å². The first kappa shape index (κ1) is 27.7. The number of sulfonamides is 1. The van der Waals surface area contributed by atoms with E-state index in [2.05, 4.69) is 10.5 Å². The van der Waals surface area contributed by atoms with Crippen molar-refractivity contribution in [2.24, 2.45) is 5.10 Å². The van der Waals surface area contributed by atoms with Gasteiger partial charge in [-0.05, 0) is 42.5 Å². The second-order valence-corrected chi connectivity index (χ2v) is 10.5. The predicted octanol–water partition coefficient (Wildman–Crippen LogP) is 5.27. The van der Waals surface area contributed by atoms with Gasteiger partial charge in [0.1, 0.15) is 24.7 Å². The summed E-state index contributed by atoms with van der Waals surface area (Å²) in [6.45, 7) is -0.276. The molecule has 1 N–H and O–H groups in total. The first-order valence-electron chi connectivity index (χ1n) is 11.9. The third-order valence-electron chi connectivity index (χ3n) is 5.63. The summed E-state index contributed by atoms with van der Waals surface area (Å²) >= 11 is 6.22. The third-order valence-corrected chi connectivity index (χ3v) is 7.77. The van der Waals surface area contributed by atoms with Crippen molar-refractivity contribution in [1.29, 1.82) is 0 Å². The highest BCUT2D eigenvalue weighted by atomic mass is 35.5. The molecule has 4 aromatic carbocycles. The number of carbonyl (C=O) groups is 1. The van der Waals surface area contributed by atoms with Gasteiger partial charge < -0.3 is 9.47 Å². The second-order valence-electron chi connectivity index (χ2n) is 8.21. The summed E-state index contributed by atoms with van der Waals surface area (Å²) < 4.78 is 39.3. The largest absolute Gasteiger partial charge is 0.495 e. The molecule has 0 unspecified atom stereocenters. The molecule has 0 aliphatic heterocycles. The van der Waals surface area contributed by atoms with Crippen LogP contribution in [0.4, 0.5) is 5.69 Å². The van der Waals surface area contributed by atoms with Gasteiger partial charge in [0.2, 0.25) is 0 Å². The molecular formula is C29H26ClN3O5S. The Hall–Kier alpha value is -4.34. The van der Waals surface area contributed by atoms with Gasteiger partial charge in [-0.15, -0.1) is 0 Å². The van der Waals surface area contributed by atoms with E-state index in [4.69, 9.17) is 21.1 Å². The molecule has 0 saturated carbocycles. The lowest BCUT2D eigenvalue weighted by Gasteiger charge is -2.25. The number of para-hydroxylation sites is 3. The van der Waals surface area contributed by atoms with E-state index in [0.717, 1.165) is 9.87 Å². The van der Waals surface area contributed by atoms with Gasteiger partial charge in [0, 0.05) is 16.1 Å². The van der Waals surface area contributed by atoms with Gasteiger partial charge in [-0.3, -0.25) is 9.10 Å². The van der Waals surface area contributed by atoms with Crippen molar-refractivity contribution < 1.29 is 22.7 Å². The molecule has 1 amide bonds. The maximum atomic E-state index is 13.5. The summed E-state index contributed by atoms with van der Waals surface area (Å²) in [5, 5.41) is 4.63. The molecule has 0 saturated heterocycles. The minimum Gasteiger partial charge on any atom is -0.495 e. The molecule has 0 bridgehead atoms. The fraction of sp³-hybridized carbons (Fsp3) is 0.103. The second kappa shape index (κ2) is 12.9.